The Labute approximate surface area is 123 Å². The summed E-state index contributed by atoms with van der Waals surface area (Å²) >= 11 is 6.17. The summed E-state index contributed by atoms with van der Waals surface area (Å²) in [4.78, 5) is 2.33. The van der Waals surface area contributed by atoms with Gasteiger partial charge in [0, 0.05) is 30.3 Å². The summed E-state index contributed by atoms with van der Waals surface area (Å²) in [7, 11) is 2.15. The van der Waals surface area contributed by atoms with Gasteiger partial charge < -0.3 is 10.2 Å². The molecule has 0 fully saturated rings. The smallest absolute Gasteiger partial charge is 0.0426 e. The van der Waals surface area contributed by atoms with Crippen LogP contribution < -0.4 is 10.2 Å². The number of benzene rings is 1. The van der Waals surface area contributed by atoms with E-state index >= 15 is 0 Å². The molecule has 0 spiro atoms. The SMILES string of the molecule is CCNCc1ccc(Cl)cc1N(C)C(C)C(C)(C)C. The molecule has 1 N–H and O–H groups in total. The predicted molar refractivity (Wildman–Crippen MR) is 86.2 cm³/mol. The van der Waals surface area contributed by atoms with E-state index in [9.17, 15) is 0 Å². The van der Waals surface area contributed by atoms with E-state index in [0.717, 1.165) is 18.1 Å². The minimum Gasteiger partial charge on any atom is -0.371 e. The summed E-state index contributed by atoms with van der Waals surface area (Å²) in [5.74, 6) is 0. The zero-order chi connectivity index (χ0) is 14.6. The van der Waals surface area contributed by atoms with Crippen molar-refractivity contribution in [1.82, 2.24) is 5.32 Å². The van der Waals surface area contributed by atoms with Gasteiger partial charge in [-0.1, -0.05) is 45.4 Å². The maximum absolute atomic E-state index is 6.17. The molecule has 2 nitrogen and oxygen atoms in total. The molecule has 0 aliphatic heterocycles. The van der Waals surface area contributed by atoms with Gasteiger partial charge in [0.2, 0.25) is 0 Å². The average Bonchev–Trinajstić information content (AvgIpc) is 2.34. The maximum atomic E-state index is 6.17. The summed E-state index contributed by atoms with van der Waals surface area (Å²) in [5.41, 5.74) is 2.74. The van der Waals surface area contributed by atoms with Crippen LogP contribution in [-0.4, -0.2) is 19.6 Å². The molecular formula is C16H27ClN2. The lowest BCUT2D eigenvalue weighted by Crippen LogP contribution is -2.40. The number of anilines is 1. The van der Waals surface area contributed by atoms with Gasteiger partial charge in [-0.3, -0.25) is 0 Å². The number of hydrogen-bond acceptors (Lipinski definition) is 2. The molecule has 1 rings (SSSR count). The van der Waals surface area contributed by atoms with Gasteiger partial charge in [-0.05, 0) is 36.6 Å². The van der Waals surface area contributed by atoms with Gasteiger partial charge in [0.05, 0.1) is 0 Å². The normalized spacial score (nSPS) is 13.4. The van der Waals surface area contributed by atoms with Crippen molar-refractivity contribution in [2.75, 3.05) is 18.5 Å². The number of hydrogen-bond donors (Lipinski definition) is 1. The highest BCUT2D eigenvalue weighted by molar-refractivity contribution is 6.30. The number of nitrogens with one attached hydrogen (secondary N) is 1. The van der Waals surface area contributed by atoms with Gasteiger partial charge >= 0.3 is 0 Å². The summed E-state index contributed by atoms with van der Waals surface area (Å²) in [6.07, 6.45) is 0. The van der Waals surface area contributed by atoms with Gasteiger partial charge in [-0.25, -0.2) is 0 Å². The van der Waals surface area contributed by atoms with Crippen molar-refractivity contribution < 1.29 is 0 Å². The Morgan fingerprint density at radius 2 is 1.95 bits per heavy atom. The van der Waals surface area contributed by atoms with Gasteiger partial charge in [-0.2, -0.15) is 0 Å². The van der Waals surface area contributed by atoms with Crippen LogP contribution >= 0.6 is 11.6 Å². The van der Waals surface area contributed by atoms with Crippen molar-refractivity contribution in [3.8, 4) is 0 Å². The van der Waals surface area contributed by atoms with E-state index in [0.29, 0.717) is 6.04 Å². The Hall–Kier alpha value is -0.730. The topological polar surface area (TPSA) is 15.3 Å². The zero-order valence-electron chi connectivity index (χ0n) is 13.0. The highest BCUT2D eigenvalue weighted by atomic mass is 35.5. The first-order valence-corrected chi connectivity index (χ1v) is 7.37. The Bertz CT molecular complexity index is 410. The molecule has 0 saturated carbocycles. The average molecular weight is 283 g/mol. The first-order valence-electron chi connectivity index (χ1n) is 6.99. The molecule has 0 amide bonds. The van der Waals surface area contributed by atoms with Crippen molar-refractivity contribution in [3.05, 3.63) is 28.8 Å². The molecule has 0 heterocycles. The second-order valence-electron chi connectivity index (χ2n) is 6.21. The summed E-state index contributed by atoms with van der Waals surface area (Å²) < 4.78 is 0. The zero-order valence-corrected chi connectivity index (χ0v) is 13.8. The summed E-state index contributed by atoms with van der Waals surface area (Å²) in [6, 6.07) is 6.59. The molecular weight excluding hydrogens is 256 g/mol. The van der Waals surface area contributed by atoms with Crippen LogP contribution in [0.2, 0.25) is 5.02 Å². The lowest BCUT2D eigenvalue weighted by molar-refractivity contribution is 0.329. The summed E-state index contributed by atoms with van der Waals surface area (Å²) in [6.45, 7) is 13.0. The van der Waals surface area contributed by atoms with E-state index in [1.165, 1.54) is 11.3 Å². The quantitative estimate of drug-likeness (QED) is 0.865. The van der Waals surface area contributed by atoms with Crippen LogP contribution in [0.4, 0.5) is 5.69 Å². The van der Waals surface area contributed by atoms with Gasteiger partial charge in [0.25, 0.3) is 0 Å². The Balaban J connectivity index is 3.06. The second-order valence-corrected chi connectivity index (χ2v) is 6.64. The van der Waals surface area contributed by atoms with E-state index in [1.807, 2.05) is 6.07 Å². The molecule has 1 atom stereocenters. The lowest BCUT2D eigenvalue weighted by Gasteiger charge is -2.38. The predicted octanol–water partition coefficient (Wildman–Crippen LogP) is 4.32. The fraction of sp³-hybridized carbons (Fsp3) is 0.625. The van der Waals surface area contributed by atoms with E-state index in [4.69, 9.17) is 11.6 Å². The van der Waals surface area contributed by atoms with Crippen LogP contribution in [0.3, 0.4) is 0 Å². The number of halogens is 1. The van der Waals surface area contributed by atoms with Gasteiger partial charge in [-0.15, -0.1) is 0 Å². The van der Waals surface area contributed by atoms with Crippen LogP contribution in [0, 0.1) is 5.41 Å². The first-order chi connectivity index (χ1) is 8.77. The second kappa shape index (κ2) is 6.62. The van der Waals surface area contributed by atoms with Crippen LogP contribution in [-0.2, 0) is 6.54 Å². The molecule has 0 bridgehead atoms. The third-order valence-electron chi connectivity index (χ3n) is 3.83. The Morgan fingerprint density at radius 1 is 1.32 bits per heavy atom. The molecule has 19 heavy (non-hydrogen) atoms. The third kappa shape index (κ3) is 4.39. The monoisotopic (exact) mass is 282 g/mol. The third-order valence-corrected chi connectivity index (χ3v) is 4.06. The fourth-order valence-corrected chi connectivity index (χ4v) is 2.23. The molecule has 1 unspecified atom stereocenters. The first kappa shape index (κ1) is 16.3. The van der Waals surface area contributed by atoms with Crippen molar-refractivity contribution in [1.29, 1.82) is 0 Å². The van der Waals surface area contributed by atoms with Crippen molar-refractivity contribution in [2.24, 2.45) is 5.41 Å². The number of nitrogens with zero attached hydrogens (tertiary/aromatic N) is 1. The van der Waals surface area contributed by atoms with Crippen LogP contribution in [0.5, 0.6) is 0 Å². The van der Waals surface area contributed by atoms with Crippen LogP contribution in [0.1, 0.15) is 40.2 Å². The van der Waals surface area contributed by atoms with Crippen molar-refractivity contribution in [3.63, 3.8) is 0 Å². The molecule has 0 saturated heterocycles. The molecule has 108 valence electrons. The largest absolute Gasteiger partial charge is 0.371 e. The molecule has 1 aromatic carbocycles. The Kier molecular flexibility index (Phi) is 5.69. The van der Waals surface area contributed by atoms with Crippen LogP contribution in [0.25, 0.3) is 0 Å². The Morgan fingerprint density at radius 3 is 2.47 bits per heavy atom. The highest BCUT2D eigenvalue weighted by Crippen LogP contribution is 2.31. The minimum absolute atomic E-state index is 0.229. The molecule has 0 aliphatic carbocycles. The number of rotatable bonds is 5. The molecule has 0 aromatic heterocycles. The minimum atomic E-state index is 0.229. The summed E-state index contributed by atoms with van der Waals surface area (Å²) in [5, 5.41) is 4.18. The molecule has 3 heteroatoms. The van der Waals surface area contributed by atoms with Gasteiger partial charge in [0.15, 0.2) is 0 Å². The molecule has 1 aromatic rings. The van der Waals surface area contributed by atoms with Gasteiger partial charge in [0.1, 0.15) is 0 Å². The van der Waals surface area contributed by atoms with E-state index < -0.39 is 0 Å². The van der Waals surface area contributed by atoms with Crippen molar-refractivity contribution in [2.45, 2.75) is 47.2 Å². The maximum Gasteiger partial charge on any atom is 0.0426 e. The molecule has 0 radical (unpaired) electrons. The standard InChI is InChI=1S/C16H27ClN2/c1-7-18-11-13-8-9-14(17)10-15(13)19(6)12(2)16(3,4)5/h8-10,12,18H,7,11H2,1-6H3. The molecule has 0 aliphatic rings. The van der Waals surface area contributed by atoms with E-state index in [-0.39, 0.29) is 5.41 Å². The fourth-order valence-electron chi connectivity index (χ4n) is 2.06. The van der Waals surface area contributed by atoms with E-state index in [1.54, 1.807) is 0 Å². The van der Waals surface area contributed by atoms with Crippen molar-refractivity contribution >= 4 is 17.3 Å². The van der Waals surface area contributed by atoms with E-state index in [2.05, 4.69) is 64.0 Å². The van der Waals surface area contributed by atoms with Crippen LogP contribution in [0.15, 0.2) is 18.2 Å². The highest BCUT2D eigenvalue weighted by Gasteiger charge is 2.25. The lowest BCUT2D eigenvalue weighted by atomic mass is 9.86.